The molecule has 1 aliphatic rings. The minimum absolute atomic E-state index is 0.166. The molecule has 2 aromatic heterocycles. The van der Waals surface area contributed by atoms with Gasteiger partial charge in [0, 0.05) is 31.2 Å². The summed E-state index contributed by atoms with van der Waals surface area (Å²) >= 11 is 0. The molecule has 178 valence electrons. The number of likely N-dealkylation sites (N-methyl/N-ethyl adjacent to an activating group) is 1. The Hall–Kier alpha value is -3.82. The molecule has 0 bridgehead atoms. The first-order valence-electron chi connectivity index (χ1n) is 10.2. The predicted molar refractivity (Wildman–Crippen MR) is 116 cm³/mol. The molecule has 4 rings (SSSR count). The first kappa shape index (κ1) is 23.3. The van der Waals surface area contributed by atoms with Crippen molar-refractivity contribution >= 4 is 10.9 Å². The van der Waals surface area contributed by atoms with Crippen LogP contribution in [0.15, 0.2) is 36.3 Å². The molecule has 0 amide bonds. The fraction of sp³-hybridized carbons (Fsp3) is 0.318. The Labute approximate surface area is 193 Å². The van der Waals surface area contributed by atoms with Crippen molar-refractivity contribution in [1.82, 2.24) is 30.5 Å². The van der Waals surface area contributed by atoms with Crippen LogP contribution in [0.1, 0.15) is 28.2 Å². The van der Waals surface area contributed by atoms with E-state index in [4.69, 9.17) is 4.74 Å². The molecule has 1 aromatic carbocycles. The second-order valence-electron chi connectivity index (χ2n) is 7.92. The molecule has 0 fully saturated rings. The van der Waals surface area contributed by atoms with Crippen molar-refractivity contribution in [3.63, 3.8) is 0 Å². The van der Waals surface area contributed by atoms with Gasteiger partial charge in [-0.25, -0.2) is 9.97 Å². The number of alkyl halides is 3. The number of benzene rings is 1. The molecule has 0 spiro atoms. The fourth-order valence-corrected chi connectivity index (χ4v) is 4.13. The van der Waals surface area contributed by atoms with Crippen molar-refractivity contribution in [1.29, 1.82) is 5.26 Å². The van der Waals surface area contributed by atoms with Crippen molar-refractivity contribution in [3.8, 4) is 11.9 Å². The SMILES string of the molecule is COc1nc2ccc(C(O)(C3=CNNN3C)c3cnc(C)n3C)cc2c(C#N)c1CC(F)(F)F. The van der Waals surface area contributed by atoms with E-state index in [1.807, 2.05) is 6.07 Å². The molecule has 34 heavy (non-hydrogen) atoms. The maximum absolute atomic E-state index is 13.3. The maximum atomic E-state index is 13.3. The number of rotatable bonds is 5. The smallest absolute Gasteiger partial charge is 0.393 e. The molecule has 0 saturated carbocycles. The molecule has 3 heterocycles. The summed E-state index contributed by atoms with van der Waals surface area (Å²) < 4.78 is 46.6. The lowest BCUT2D eigenvalue weighted by molar-refractivity contribution is -0.127. The normalized spacial score (nSPS) is 15.6. The van der Waals surface area contributed by atoms with Gasteiger partial charge in [-0.3, -0.25) is 5.01 Å². The number of ether oxygens (including phenoxy) is 1. The summed E-state index contributed by atoms with van der Waals surface area (Å²) in [5.41, 5.74) is 4.72. The van der Waals surface area contributed by atoms with Gasteiger partial charge in [-0.05, 0) is 24.6 Å². The molecule has 0 aliphatic carbocycles. The van der Waals surface area contributed by atoms with Gasteiger partial charge in [-0.15, -0.1) is 5.53 Å². The summed E-state index contributed by atoms with van der Waals surface area (Å²) in [6.07, 6.45) is -2.86. The Morgan fingerprint density at radius 2 is 2.00 bits per heavy atom. The molecule has 9 nitrogen and oxygen atoms in total. The van der Waals surface area contributed by atoms with Gasteiger partial charge in [-0.2, -0.15) is 18.4 Å². The number of pyridine rings is 1. The number of fused-ring (bicyclic) bond motifs is 1. The Kier molecular flexibility index (Phi) is 5.63. The highest BCUT2D eigenvalue weighted by atomic mass is 19.4. The number of imidazole rings is 1. The van der Waals surface area contributed by atoms with Crippen molar-refractivity contribution in [3.05, 3.63) is 64.5 Å². The van der Waals surface area contributed by atoms with Crippen molar-refractivity contribution in [2.45, 2.75) is 25.1 Å². The molecule has 1 aliphatic heterocycles. The zero-order valence-electron chi connectivity index (χ0n) is 18.8. The van der Waals surface area contributed by atoms with Crippen LogP contribution in [0.25, 0.3) is 10.9 Å². The van der Waals surface area contributed by atoms with Crippen LogP contribution in [0.3, 0.4) is 0 Å². The summed E-state index contributed by atoms with van der Waals surface area (Å²) in [6, 6.07) is 6.50. The molecular weight excluding hydrogens is 451 g/mol. The van der Waals surface area contributed by atoms with Crippen LogP contribution in [0.4, 0.5) is 13.2 Å². The third-order valence-electron chi connectivity index (χ3n) is 5.91. The van der Waals surface area contributed by atoms with Crippen LogP contribution in [0, 0.1) is 18.3 Å². The highest BCUT2D eigenvalue weighted by molar-refractivity contribution is 5.88. The molecular formula is C22H22F3N7O2. The Morgan fingerprint density at radius 1 is 1.26 bits per heavy atom. The number of nitrogens with zero attached hydrogens (tertiary/aromatic N) is 5. The van der Waals surface area contributed by atoms with Gasteiger partial charge < -0.3 is 19.8 Å². The standard InChI is InChI=1S/C22H22F3N7O2/c1-12-27-10-18(31(12)2)22(33,19-11-28-30-32(19)3)13-5-6-17-14(7-13)16(9-26)15(8-21(23,24)25)20(29-17)34-4/h5-7,10-11,28,30,33H,8H2,1-4H3. The van der Waals surface area contributed by atoms with Gasteiger partial charge in [0.15, 0.2) is 5.60 Å². The van der Waals surface area contributed by atoms with Crippen molar-refractivity contribution in [2.75, 3.05) is 14.2 Å². The summed E-state index contributed by atoms with van der Waals surface area (Å²) in [4.78, 5) is 8.48. The van der Waals surface area contributed by atoms with Gasteiger partial charge >= 0.3 is 6.18 Å². The third-order valence-corrected chi connectivity index (χ3v) is 5.91. The van der Waals surface area contributed by atoms with Crippen LogP contribution in [0.2, 0.25) is 0 Å². The van der Waals surface area contributed by atoms with Gasteiger partial charge in [0.25, 0.3) is 0 Å². The van der Waals surface area contributed by atoms with Crippen LogP contribution in [-0.2, 0) is 19.1 Å². The van der Waals surface area contributed by atoms with E-state index < -0.39 is 18.2 Å². The topological polar surface area (TPSA) is 111 Å². The van der Waals surface area contributed by atoms with Crippen LogP contribution >= 0.6 is 0 Å². The first-order valence-corrected chi connectivity index (χ1v) is 10.2. The summed E-state index contributed by atoms with van der Waals surface area (Å²) in [6.45, 7) is 1.78. The molecule has 0 saturated heterocycles. The van der Waals surface area contributed by atoms with Gasteiger partial charge in [0.2, 0.25) is 5.88 Å². The minimum atomic E-state index is -4.58. The number of halogens is 3. The summed E-state index contributed by atoms with van der Waals surface area (Å²) in [7, 11) is 4.64. The lowest BCUT2D eigenvalue weighted by Gasteiger charge is -2.33. The Balaban J connectivity index is 2.02. The number of nitriles is 1. The molecule has 0 radical (unpaired) electrons. The second kappa shape index (κ2) is 8.19. The summed E-state index contributed by atoms with van der Waals surface area (Å²) in [5.74, 6) is 0.381. The van der Waals surface area contributed by atoms with Crippen LogP contribution in [0.5, 0.6) is 5.88 Å². The van der Waals surface area contributed by atoms with Gasteiger partial charge in [0.05, 0.1) is 42.2 Å². The highest BCUT2D eigenvalue weighted by Crippen LogP contribution is 2.41. The Morgan fingerprint density at radius 3 is 2.53 bits per heavy atom. The largest absolute Gasteiger partial charge is 0.481 e. The number of hydrazine groups is 2. The maximum Gasteiger partial charge on any atom is 0.393 e. The minimum Gasteiger partial charge on any atom is -0.481 e. The van der Waals surface area contributed by atoms with Crippen LogP contribution < -0.4 is 15.7 Å². The second-order valence-corrected chi connectivity index (χ2v) is 7.92. The van der Waals surface area contributed by atoms with E-state index in [0.29, 0.717) is 22.8 Å². The molecule has 1 unspecified atom stereocenters. The zero-order valence-corrected chi connectivity index (χ0v) is 18.8. The number of aryl methyl sites for hydroxylation is 1. The van der Waals surface area contributed by atoms with E-state index >= 15 is 0 Å². The van der Waals surface area contributed by atoms with E-state index in [1.165, 1.54) is 25.4 Å². The number of hydrogen-bond acceptors (Lipinski definition) is 8. The van der Waals surface area contributed by atoms with Crippen molar-refractivity contribution in [2.24, 2.45) is 7.05 Å². The van der Waals surface area contributed by atoms with Gasteiger partial charge in [-0.1, -0.05) is 6.07 Å². The lowest BCUT2D eigenvalue weighted by Crippen LogP contribution is -2.42. The van der Waals surface area contributed by atoms with E-state index in [9.17, 15) is 23.5 Å². The van der Waals surface area contributed by atoms with E-state index in [-0.39, 0.29) is 27.9 Å². The Bertz CT molecular complexity index is 1340. The number of nitrogens with one attached hydrogen (secondary N) is 2. The highest BCUT2D eigenvalue weighted by Gasteiger charge is 2.43. The van der Waals surface area contributed by atoms with E-state index in [0.717, 1.165) is 0 Å². The van der Waals surface area contributed by atoms with E-state index in [2.05, 4.69) is 20.9 Å². The first-order chi connectivity index (χ1) is 16.0. The molecule has 3 N–H and O–H groups in total. The monoisotopic (exact) mass is 473 g/mol. The van der Waals surface area contributed by atoms with Crippen molar-refractivity contribution < 1.29 is 23.0 Å². The quantitative estimate of drug-likeness (QED) is 0.518. The lowest BCUT2D eigenvalue weighted by atomic mass is 9.85. The average Bonchev–Trinajstić information content (AvgIpc) is 3.37. The number of aromatic nitrogens is 3. The summed E-state index contributed by atoms with van der Waals surface area (Å²) in [5, 5.41) is 23.7. The number of hydrogen-bond donors (Lipinski definition) is 3. The van der Waals surface area contributed by atoms with Crippen LogP contribution in [-0.4, -0.2) is 45.0 Å². The van der Waals surface area contributed by atoms with Gasteiger partial charge in [0.1, 0.15) is 11.9 Å². The number of aliphatic hydroxyl groups is 1. The zero-order chi connectivity index (χ0) is 24.8. The van der Waals surface area contributed by atoms with E-state index in [1.54, 1.807) is 42.9 Å². The third kappa shape index (κ3) is 3.68. The molecule has 12 heteroatoms. The number of methoxy groups -OCH3 is 1. The molecule has 1 atom stereocenters. The fourth-order valence-electron chi connectivity index (χ4n) is 4.13. The average molecular weight is 473 g/mol. The predicted octanol–water partition coefficient (Wildman–Crippen LogP) is 2.29. The molecule has 3 aromatic rings.